The molecule has 1 aromatic rings. The average molecular weight is 546 g/mol. The molecule has 1 aliphatic carbocycles. The van der Waals surface area contributed by atoms with Crippen molar-refractivity contribution in [1.82, 2.24) is 0 Å². The van der Waals surface area contributed by atoms with Crippen molar-refractivity contribution < 1.29 is 9.47 Å². The standard InChI is InChI=1S/C37H55NO2/c1-11-16-32(20-19-26(5)12-2)30(14-4)23-29(8)37(27(6)13-3)38-34(24-28(7)31-17-15-18-31)33-21-22-35(39-9)36(25-33)40-10/h14,16,21-27H,11-13,15,17-20H2,1-10H3/b29-23-,30-14+,32-16+,34-24-,38-37+. The molecule has 0 heterocycles. The molecule has 0 N–H and O–H groups in total. The third-order valence-electron chi connectivity index (χ3n) is 8.38. The predicted octanol–water partition coefficient (Wildman–Crippen LogP) is 11.1. The van der Waals surface area contributed by atoms with Crippen LogP contribution in [0.25, 0.3) is 5.70 Å². The van der Waals surface area contributed by atoms with Gasteiger partial charge in [-0.05, 0) is 124 Å². The van der Waals surface area contributed by atoms with Gasteiger partial charge >= 0.3 is 0 Å². The second-order valence-corrected chi connectivity index (χ2v) is 11.3. The molecule has 0 spiro atoms. The highest BCUT2D eigenvalue weighted by molar-refractivity contribution is 6.04. The molecule has 0 aromatic heterocycles. The van der Waals surface area contributed by atoms with Crippen LogP contribution < -0.4 is 9.47 Å². The molecule has 0 radical (unpaired) electrons. The Bertz CT molecular complexity index is 1150. The predicted molar refractivity (Wildman–Crippen MR) is 176 cm³/mol. The maximum Gasteiger partial charge on any atom is 0.161 e. The summed E-state index contributed by atoms with van der Waals surface area (Å²) in [5.41, 5.74) is 10.0. The summed E-state index contributed by atoms with van der Waals surface area (Å²) in [6.07, 6.45) is 18.6. The number of ether oxygens (including phenoxy) is 2. The van der Waals surface area contributed by atoms with Crippen LogP contribution in [-0.4, -0.2) is 19.9 Å². The number of benzene rings is 1. The number of rotatable bonds is 15. The van der Waals surface area contributed by atoms with E-state index in [0.717, 1.165) is 53.7 Å². The molecule has 1 aliphatic rings. The Morgan fingerprint density at radius 3 is 2.20 bits per heavy atom. The van der Waals surface area contributed by atoms with Crippen LogP contribution in [0.2, 0.25) is 0 Å². The van der Waals surface area contributed by atoms with Crippen LogP contribution in [0.3, 0.4) is 0 Å². The molecule has 40 heavy (non-hydrogen) atoms. The lowest BCUT2D eigenvalue weighted by molar-refractivity contribution is 0.355. The molecular formula is C37H55NO2. The molecule has 3 heteroatoms. The van der Waals surface area contributed by atoms with Crippen LogP contribution >= 0.6 is 0 Å². The molecule has 2 unspecified atom stereocenters. The first-order valence-corrected chi connectivity index (χ1v) is 15.5. The summed E-state index contributed by atoms with van der Waals surface area (Å²) in [6.45, 7) is 18.0. The number of nitrogens with zero attached hydrogens (tertiary/aromatic N) is 1. The number of allylic oxidation sites excluding steroid dienone is 9. The van der Waals surface area contributed by atoms with Crippen molar-refractivity contribution in [3.63, 3.8) is 0 Å². The van der Waals surface area contributed by atoms with Crippen LogP contribution in [-0.2, 0) is 0 Å². The van der Waals surface area contributed by atoms with E-state index >= 15 is 0 Å². The van der Waals surface area contributed by atoms with E-state index in [1.165, 1.54) is 60.0 Å². The summed E-state index contributed by atoms with van der Waals surface area (Å²) >= 11 is 0. The zero-order chi connectivity index (χ0) is 29.7. The van der Waals surface area contributed by atoms with Gasteiger partial charge in [0.2, 0.25) is 0 Å². The topological polar surface area (TPSA) is 30.8 Å². The first kappa shape index (κ1) is 33.4. The highest BCUT2D eigenvalue weighted by atomic mass is 16.5. The summed E-state index contributed by atoms with van der Waals surface area (Å²) in [6, 6.07) is 6.12. The third-order valence-corrected chi connectivity index (χ3v) is 8.38. The molecule has 3 nitrogen and oxygen atoms in total. The molecular weight excluding hydrogens is 490 g/mol. The van der Waals surface area contributed by atoms with Crippen molar-refractivity contribution >= 4 is 11.4 Å². The van der Waals surface area contributed by atoms with Gasteiger partial charge in [-0.3, -0.25) is 4.99 Å². The third kappa shape index (κ3) is 9.39. The van der Waals surface area contributed by atoms with E-state index in [9.17, 15) is 0 Å². The Balaban J connectivity index is 2.65. The fourth-order valence-electron chi connectivity index (χ4n) is 5.03. The highest BCUT2D eigenvalue weighted by Gasteiger charge is 2.17. The molecule has 2 atom stereocenters. The zero-order valence-corrected chi connectivity index (χ0v) is 27.1. The van der Waals surface area contributed by atoms with E-state index in [4.69, 9.17) is 14.5 Å². The van der Waals surface area contributed by atoms with Gasteiger partial charge in [-0.2, -0.15) is 0 Å². The number of aliphatic imine (C=N–C) groups is 1. The summed E-state index contributed by atoms with van der Waals surface area (Å²) in [5.74, 6) is 2.52. The summed E-state index contributed by atoms with van der Waals surface area (Å²) in [7, 11) is 3.37. The van der Waals surface area contributed by atoms with Gasteiger partial charge < -0.3 is 9.47 Å². The maximum atomic E-state index is 5.66. The molecule has 0 aliphatic heterocycles. The second kappa shape index (κ2) is 17.1. The van der Waals surface area contributed by atoms with Crippen LogP contribution in [0.4, 0.5) is 0 Å². The van der Waals surface area contributed by atoms with Crippen LogP contribution in [0.15, 0.2) is 75.4 Å². The van der Waals surface area contributed by atoms with Crippen molar-refractivity contribution in [1.29, 1.82) is 0 Å². The van der Waals surface area contributed by atoms with E-state index in [-0.39, 0.29) is 0 Å². The van der Waals surface area contributed by atoms with Crippen molar-refractivity contribution in [3.05, 3.63) is 75.9 Å². The Labute approximate surface area is 245 Å². The lowest BCUT2D eigenvalue weighted by Crippen LogP contribution is -2.13. The van der Waals surface area contributed by atoms with E-state index in [0.29, 0.717) is 5.92 Å². The fourth-order valence-corrected chi connectivity index (χ4v) is 5.03. The van der Waals surface area contributed by atoms with Gasteiger partial charge in [0.15, 0.2) is 11.5 Å². The molecule has 1 aromatic carbocycles. The number of hydrogen-bond donors (Lipinski definition) is 0. The first-order chi connectivity index (χ1) is 19.2. The SMILES string of the molecule is C/C=C(\C=C(C)/C(=N/C(=C\C(C)=C1CCC1)c1ccc(OC)c(OC)c1)C(C)CC)C(=C/CC)/CCC(C)CC. The van der Waals surface area contributed by atoms with Gasteiger partial charge in [0.25, 0.3) is 0 Å². The van der Waals surface area contributed by atoms with E-state index in [1.807, 2.05) is 6.07 Å². The molecule has 1 fully saturated rings. The van der Waals surface area contributed by atoms with Crippen LogP contribution in [0.1, 0.15) is 112 Å². The lowest BCUT2D eigenvalue weighted by Gasteiger charge is -2.20. The Morgan fingerprint density at radius 2 is 1.68 bits per heavy atom. The highest BCUT2D eigenvalue weighted by Crippen LogP contribution is 2.35. The van der Waals surface area contributed by atoms with Gasteiger partial charge in [-0.15, -0.1) is 0 Å². The van der Waals surface area contributed by atoms with E-state index in [1.54, 1.807) is 14.2 Å². The second-order valence-electron chi connectivity index (χ2n) is 11.3. The number of methoxy groups -OCH3 is 2. The maximum absolute atomic E-state index is 5.66. The lowest BCUT2D eigenvalue weighted by atomic mass is 9.88. The molecule has 0 saturated heterocycles. The van der Waals surface area contributed by atoms with E-state index < -0.39 is 0 Å². The van der Waals surface area contributed by atoms with Gasteiger partial charge in [-0.25, -0.2) is 0 Å². The molecule has 2 rings (SSSR count). The average Bonchev–Trinajstić information content (AvgIpc) is 2.93. The van der Waals surface area contributed by atoms with E-state index in [2.05, 4.69) is 91.8 Å². The Morgan fingerprint density at radius 1 is 0.975 bits per heavy atom. The summed E-state index contributed by atoms with van der Waals surface area (Å²) in [4.78, 5) is 5.44. The molecule has 0 amide bonds. The smallest absolute Gasteiger partial charge is 0.161 e. The van der Waals surface area contributed by atoms with Crippen molar-refractivity contribution in [2.24, 2.45) is 16.8 Å². The van der Waals surface area contributed by atoms with Gasteiger partial charge in [0.1, 0.15) is 0 Å². The van der Waals surface area contributed by atoms with Crippen LogP contribution in [0, 0.1) is 11.8 Å². The molecule has 1 saturated carbocycles. The molecule has 0 bridgehead atoms. The number of hydrogen-bond acceptors (Lipinski definition) is 3. The summed E-state index contributed by atoms with van der Waals surface area (Å²) in [5, 5.41) is 0. The van der Waals surface area contributed by atoms with Crippen molar-refractivity contribution in [3.8, 4) is 11.5 Å². The quantitative estimate of drug-likeness (QED) is 0.162. The summed E-state index contributed by atoms with van der Waals surface area (Å²) < 4.78 is 11.2. The van der Waals surface area contributed by atoms with Crippen molar-refractivity contribution in [2.45, 2.75) is 107 Å². The Kier molecular flexibility index (Phi) is 14.3. The van der Waals surface area contributed by atoms with Gasteiger partial charge in [0.05, 0.1) is 19.9 Å². The van der Waals surface area contributed by atoms with Gasteiger partial charge in [0, 0.05) is 11.3 Å². The zero-order valence-electron chi connectivity index (χ0n) is 27.1. The van der Waals surface area contributed by atoms with Crippen molar-refractivity contribution in [2.75, 3.05) is 14.2 Å². The molecule has 220 valence electrons. The first-order valence-electron chi connectivity index (χ1n) is 15.5. The fraction of sp³-hybridized carbons (Fsp3) is 0.541. The minimum atomic E-state index is 0.327. The minimum Gasteiger partial charge on any atom is -0.493 e. The van der Waals surface area contributed by atoms with Crippen LogP contribution in [0.5, 0.6) is 11.5 Å². The minimum absolute atomic E-state index is 0.327. The Hall–Kier alpha value is -2.81. The largest absolute Gasteiger partial charge is 0.493 e. The monoisotopic (exact) mass is 545 g/mol. The normalized spacial score (nSPS) is 16.9. The van der Waals surface area contributed by atoms with Gasteiger partial charge in [-0.1, -0.05) is 64.8 Å².